The van der Waals surface area contributed by atoms with Gasteiger partial charge in [-0.15, -0.1) is 0 Å². The van der Waals surface area contributed by atoms with E-state index in [9.17, 15) is 0 Å². The summed E-state index contributed by atoms with van der Waals surface area (Å²) >= 11 is 0. The fourth-order valence-electron chi connectivity index (χ4n) is 5.55. The molecule has 0 aliphatic carbocycles. The van der Waals surface area contributed by atoms with Crippen molar-refractivity contribution >= 4 is 28.4 Å². The van der Waals surface area contributed by atoms with Crippen LogP contribution in [0.1, 0.15) is 0 Å². The van der Waals surface area contributed by atoms with E-state index in [0.29, 0.717) is 0 Å². The van der Waals surface area contributed by atoms with Crippen molar-refractivity contribution in [2.75, 3.05) is 10.2 Å². The van der Waals surface area contributed by atoms with Crippen LogP contribution >= 0.6 is 0 Å². The van der Waals surface area contributed by atoms with Crippen LogP contribution in [0.3, 0.4) is 0 Å². The first kappa shape index (κ1) is 27.0. The minimum atomic E-state index is 1.06. The van der Waals surface area contributed by atoms with Crippen LogP contribution in [0.4, 0.5) is 28.4 Å². The number of nitrogens with zero attached hydrogens (tertiary/aromatic N) is 1. The Balaban J connectivity index is 1.09. The van der Waals surface area contributed by atoms with Crippen molar-refractivity contribution in [3.05, 3.63) is 188 Å². The van der Waals surface area contributed by atoms with E-state index in [4.69, 9.17) is 0 Å². The molecule has 0 atom stereocenters. The van der Waals surface area contributed by atoms with Crippen molar-refractivity contribution in [1.82, 2.24) is 0 Å². The van der Waals surface area contributed by atoms with E-state index >= 15 is 0 Å². The summed E-state index contributed by atoms with van der Waals surface area (Å²) in [5.74, 6) is 0. The van der Waals surface area contributed by atoms with Crippen LogP contribution in [-0.4, -0.2) is 0 Å². The van der Waals surface area contributed by atoms with Gasteiger partial charge in [-0.05, 0) is 94.0 Å². The van der Waals surface area contributed by atoms with Gasteiger partial charge in [0.25, 0.3) is 0 Å². The zero-order chi connectivity index (χ0) is 29.6. The van der Waals surface area contributed by atoms with E-state index in [0.717, 1.165) is 28.4 Å². The van der Waals surface area contributed by atoms with E-state index in [2.05, 4.69) is 192 Å². The highest BCUT2D eigenvalue weighted by molar-refractivity contribution is 5.80. The zero-order valence-corrected chi connectivity index (χ0v) is 24.3. The van der Waals surface area contributed by atoms with Crippen molar-refractivity contribution in [2.24, 2.45) is 0 Å². The highest BCUT2D eigenvalue weighted by atomic mass is 15.1. The van der Waals surface area contributed by atoms with Crippen LogP contribution in [0.25, 0.3) is 33.4 Å². The Bertz CT molecular complexity index is 1910. The minimum Gasteiger partial charge on any atom is -0.356 e. The average molecular weight is 565 g/mol. The molecule has 0 saturated carbocycles. The maximum Gasteiger partial charge on any atom is 0.0462 e. The van der Waals surface area contributed by atoms with Crippen LogP contribution in [0, 0.1) is 0 Å². The molecule has 1 N–H and O–H groups in total. The summed E-state index contributed by atoms with van der Waals surface area (Å²) in [4.78, 5) is 2.30. The van der Waals surface area contributed by atoms with Gasteiger partial charge in [0.05, 0.1) is 0 Å². The number of benzene rings is 7. The molecule has 0 unspecified atom stereocenters. The third-order valence-electron chi connectivity index (χ3n) is 7.87. The zero-order valence-electron chi connectivity index (χ0n) is 24.3. The van der Waals surface area contributed by atoms with Crippen LogP contribution < -0.4 is 10.2 Å². The second kappa shape index (κ2) is 12.6. The summed E-state index contributed by atoms with van der Waals surface area (Å²) in [7, 11) is 0. The Morgan fingerprint density at radius 2 is 0.523 bits per heavy atom. The van der Waals surface area contributed by atoms with Gasteiger partial charge in [-0.25, -0.2) is 0 Å². The van der Waals surface area contributed by atoms with Gasteiger partial charge in [0.2, 0.25) is 0 Å². The van der Waals surface area contributed by atoms with Crippen molar-refractivity contribution in [1.29, 1.82) is 0 Å². The lowest BCUT2D eigenvalue weighted by molar-refractivity contribution is 1.28. The largest absolute Gasteiger partial charge is 0.356 e. The van der Waals surface area contributed by atoms with E-state index in [1.165, 1.54) is 33.4 Å². The molecule has 44 heavy (non-hydrogen) atoms. The molecule has 2 heteroatoms. The maximum absolute atomic E-state index is 3.53. The summed E-state index contributed by atoms with van der Waals surface area (Å²) in [6, 6.07) is 66.3. The van der Waals surface area contributed by atoms with E-state index in [-0.39, 0.29) is 0 Å². The summed E-state index contributed by atoms with van der Waals surface area (Å²) in [5.41, 5.74) is 12.7. The van der Waals surface area contributed by atoms with Gasteiger partial charge >= 0.3 is 0 Å². The summed E-state index contributed by atoms with van der Waals surface area (Å²) < 4.78 is 0. The minimum absolute atomic E-state index is 1.06. The Morgan fingerprint density at radius 3 is 0.886 bits per heavy atom. The van der Waals surface area contributed by atoms with Gasteiger partial charge in [0.15, 0.2) is 0 Å². The lowest BCUT2D eigenvalue weighted by Gasteiger charge is -2.26. The SMILES string of the molecule is c1ccc(-c2ccc(Nc3ccc(-c4ccc(N(c5ccccc5)c5ccc(-c6ccccc6)cc5)cc4)cc3)cc2)cc1. The molecule has 7 rings (SSSR count). The predicted octanol–water partition coefficient (Wildman–Crippen LogP) is 11.9. The highest BCUT2D eigenvalue weighted by Gasteiger charge is 2.13. The van der Waals surface area contributed by atoms with Crippen LogP contribution in [0.15, 0.2) is 188 Å². The van der Waals surface area contributed by atoms with Crippen molar-refractivity contribution in [2.45, 2.75) is 0 Å². The number of rotatable bonds is 8. The Hall–Kier alpha value is -5.86. The van der Waals surface area contributed by atoms with Gasteiger partial charge in [0.1, 0.15) is 0 Å². The topological polar surface area (TPSA) is 15.3 Å². The lowest BCUT2D eigenvalue weighted by atomic mass is 10.0. The first-order valence-electron chi connectivity index (χ1n) is 14.9. The van der Waals surface area contributed by atoms with Crippen molar-refractivity contribution in [3.63, 3.8) is 0 Å². The molecule has 0 spiro atoms. The Labute approximate surface area is 259 Å². The third kappa shape index (κ3) is 6.01. The molecular formula is C42H32N2. The Morgan fingerprint density at radius 1 is 0.250 bits per heavy atom. The highest BCUT2D eigenvalue weighted by Crippen LogP contribution is 2.36. The van der Waals surface area contributed by atoms with Gasteiger partial charge in [-0.3, -0.25) is 0 Å². The predicted molar refractivity (Wildman–Crippen MR) is 187 cm³/mol. The van der Waals surface area contributed by atoms with E-state index in [1.54, 1.807) is 0 Å². The normalized spacial score (nSPS) is 10.7. The van der Waals surface area contributed by atoms with Gasteiger partial charge in [0, 0.05) is 28.4 Å². The third-order valence-corrected chi connectivity index (χ3v) is 7.87. The smallest absolute Gasteiger partial charge is 0.0462 e. The lowest BCUT2D eigenvalue weighted by Crippen LogP contribution is -2.09. The quantitative estimate of drug-likeness (QED) is 0.197. The molecule has 0 bridgehead atoms. The van der Waals surface area contributed by atoms with E-state index in [1.807, 2.05) is 6.07 Å². The van der Waals surface area contributed by atoms with Crippen molar-refractivity contribution < 1.29 is 0 Å². The van der Waals surface area contributed by atoms with E-state index < -0.39 is 0 Å². The molecule has 210 valence electrons. The van der Waals surface area contributed by atoms with Crippen LogP contribution in [-0.2, 0) is 0 Å². The molecule has 0 aliphatic rings. The number of para-hydroxylation sites is 1. The molecule has 0 aromatic heterocycles. The maximum atomic E-state index is 3.53. The second-order valence-corrected chi connectivity index (χ2v) is 10.8. The first-order valence-corrected chi connectivity index (χ1v) is 14.9. The summed E-state index contributed by atoms with van der Waals surface area (Å²) in [5, 5.41) is 3.53. The molecule has 0 amide bonds. The summed E-state index contributed by atoms with van der Waals surface area (Å²) in [6.07, 6.45) is 0. The fraction of sp³-hybridized carbons (Fsp3) is 0. The second-order valence-electron chi connectivity index (χ2n) is 10.8. The van der Waals surface area contributed by atoms with Crippen LogP contribution in [0.2, 0.25) is 0 Å². The molecule has 0 fully saturated rings. The molecule has 0 aliphatic heterocycles. The number of nitrogens with one attached hydrogen (secondary N) is 1. The summed E-state index contributed by atoms with van der Waals surface area (Å²) in [6.45, 7) is 0. The molecule has 0 radical (unpaired) electrons. The Kier molecular flexibility index (Phi) is 7.71. The van der Waals surface area contributed by atoms with Gasteiger partial charge < -0.3 is 10.2 Å². The standard InChI is InChI=1S/C42H32N2/c1-4-10-32(11-5-1)34-16-24-38(25-17-34)43-39-26-18-35(19-27-39)37-22-30-42(31-23-37)44(40-14-8-3-9-15-40)41-28-20-36(21-29-41)33-12-6-2-7-13-33/h1-31,43H. The fourth-order valence-corrected chi connectivity index (χ4v) is 5.55. The number of anilines is 5. The molecule has 7 aromatic rings. The number of hydrogen-bond donors (Lipinski definition) is 1. The monoisotopic (exact) mass is 564 g/mol. The van der Waals surface area contributed by atoms with Gasteiger partial charge in [-0.2, -0.15) is 0 Å². The van der Waals surface area contributed by atoms with Crippen LogP contribution in [0.5, 0.6) is 0 Å². The molecule has 0 saturated heterocycles. The van der Waals surface area contributed by atoms with Gasteiger partial charge in [-0.1, -0.05) is 127 Å². The first-order chi connectivity index (χ1) is 21.8. The number of hydrogen-bond acceptors (Lipinski definition) is 2. The molecular weight excluding hydrogens is 532 g/mol. The molecule has 7 aromatic carbocycles. The molecule has 0 heterocycles. The molecule has 2 nitrogen and oxygen atoms in total. The average Bonchev–Trinajstić information content (AvgIpc) is 3.11. The van der Waals surface area contributed by atoms with Crippen molar-refractivity contribution in [3.8, 4) is 33.4 Å².